The highest BCUT2D eigenvalue weighted by Crippen LogP contribution is 2.41. The molecule has 0 aromatic rings. The summed E-state index contributed by atoms with van der Waals surface area (Å²) in [5.41, 5.74) is 63.2. The summed E-state index contributed by atoms with van der Waals surface area (Å²) in [5, 5.41) is 7.10. The van der Waals surface area contributed by atoms with Gasteiger partial charge in [-0.25, -0.2) is 0 Å². The van der Waals surface area contributed by atoms with Gasteiger partial charge in [-0.05, 0) is 205 Å². The van der Waals surface area contributed by atoms with Crippen molar-refractivity contribution in [3.8, 4) is 12.5 Å². The monoisotopic (exact) mass is 1510 g/mol. The molecule has 0 amide bonds. The Hall–Kier alpha value is 0.329. The smallest absolute Gasteiger partial charge is 0.462 e. The van der Waals surface area contributed by atoms with Crippen molar-refractivity contribution < 1.29 is 91.2 Å². The van der Waals surface area contributed by atoms with Gasteiger partial charge in [-0.2, -0.15) is 0 Å². The molecule has 0 aliphatic rings. The molecule has 10 unspecified atom stereocenters. The minimum atomic E-state index is -4.45. The van der Waals surface area contributed by atoms with E-state index < -0.39 is 88.5 Å². The van der Waals surface area contributed by atoms with Gasteiger partial charge in [0.1, 0.15) is 6.11 Å². The first-order chi connectivity index (χ1) is 44.7. The van der Waals surface area contributed by atoms with Crippen LogP contribution in [0.3, 0.4) is 0 Å². The third-order valence-electron chi connectivity index (χ3n) is 13.3. The van der Waals surface area contributed by atoms with Gasteiger partial charge in [0.15, 0.2) is 0 Å². The maximum Gasteiger partial charge on any atom is 0.490 e. The lowest BCUT2D eigenvalue weighted by atomic mass is 10.5. The zero-order chi connectivity index (χ0) is 70.5. The maximum atomic E-state index is 12.3. The number of hydrogen-bond acceptors (Lipinski definition) is 31. The molecule has 0 radical (unpaired) electrons. The van der Waals surface area contributed by atoms with Crippen LogP contribution >= 0.6 is 0 Å². The van der Waals surface area contributed by atoms with E-state index in [-0.39, 0.29) is 160 Å². The predicted molar refractivity (Wildman–Crippen MR) is 383 cm³/mol. The number of rotatable bonds is 68. The summed E-state index contributed by atoms with van der Waals surface area (Å²) in [6.45, 7) is 22.8. The van der Waals surface area contributed by atoms with Gasteiger partial charge in [0.2, 0.25) is 0 Å². The Morgan fingerprint density at radius 2 is 0.484 bits per heavy atom. The highest BCUT2D eigenvalue weighted by molar-refractivity contribution is 6.89. The van der Waals surface area contributed by atoms with Crippen molar-refractivity contribution in [2.75, 3.05) is 132 Å². The average molecular weight is 1520 g/mol. The summed E-state index contributed by atoms with van der Waals surface area (Å²) >= 11 is 0. The van der Waals surface area contributed by atoms with Crippen molar-refractivity contribution in [3.63, 3.8) is 0 Å². The average Bonchev–Trinajstić information content (AvgIpc) is 0.773. The first-order valence-corrected chi connectivity index (χ1v) is 53.3. The summed E-state index contributed by atoms with van der Waals surface area (Å²) in [6, 6.07) is 2.16. The molecule has 93 heavy (non-hydrogen) atoms. The number of hydrogen-bond donors (Lipinski definition) is 12. The van der Waals surface area contributed by atoms with Crippen LogP contribution in [0.25, 0.3) is 0 Å². The normalized spacial score (nSPS) is 18.2. The summed E-state index contributed by atoms with van der Waals surface area (Å²) in [4.78, 5) is 12.3. The second kappa shape index (κ2) is 55.9. The quantitative estimate of drug-likeness (QED) is 0.0307. The van der Waals surface area contributed by atoms with E-state index in [1.165, 1.54) is 6.11 Å². The van der Waals surface area contributed by atoms with E-state index >= 15 is 0 Å². The molecule has 10 atom stereocenters. The molecule has 31 nitrogen and oxygen atoms in total. The molecule has 0 aromatic carbocycles. The molecule has 0 aliphatic carbocycles. The van der Waals surface area contributed by atoms with Crippen molar-refractivity contribution >= 4 is 88.5 Å². The van der Waals surface area contributed by atoms with Gasteiger partial charge in [-0.3, -0.25) is 0 Å². The third-order valence-corrected chi connectivity index (χ3v) is 52.6. The molecule has 22 N–H and O–H groups in total. The minimum absolute atomic E-state index is 0.0848. The Morgan fingerprint density at radius 1 is 0.290 bits per heavy atom. The van der Waals surface area contributed by atoms with Crippen molar-refractivity contribution in [3.05, 3.63) is 0 Å². The Kier molecular flexibility index (Phi) is 57.4. The first kappa shape index (κ1) is 95.4. The van der Waals surface area contributed by atoms with Gasteiger partial charge >= 0.3 is 88.5 Å². The minimum Gasteiger partial charge on any atom is -0.462 e. The molecule has 0 fully saturated rings. The van der Waals surface area contributed by atoms with E-state index in [0.29, 0.717) is 96.0 Å². The van der Waals surface area contributed by atoms with Crippen LogP contribution in [0.1, 0.15) is 133 Å². The second-order valence-electron chi connectivity index (χ2n) is 21.0. The fourth-order valence-electron chi connectivity index (χ4n) is 9.81. The molecule has 0 heterocycles. The molecule has 0 bridgehead atoms. The maximum absolute atomic E-state index is 12.3. The molecule has 0 aromatic heterocycles. The van der Waals surface area contributed by atoms with E-state index in [2.05, 4.69) is 6.42 Å². The number of aliphatic hydroxyl groups is 1. The van der Waals surface area contributed by atoms with E-state index in [1.54, 1.807) is 6.92 Å². The Bertz CT molecular complexity index is 1830. The summed E-state index contributed by atoms with van der Waals surface area (Å²) in [7, 11) is -40.8. The zero-order valence-electron chi connectivity index (χ0n) is 58.9. The summed E-state index contributed by atoms with van der Waals surface area (Å²) in [5.74, 6) is 0. The van der Waals surface area contributed by atoms with E-state index in [9.17, 15) is 4.80 Å². The van der Waals surface area contributed by atoms with Crippen molar-refractivity contribution in [2.45, 2.75) is 194 Å². The first-order valence-electron chi connectivity index (χ1n) is 34.1. The molecule has 0 saturated carbocycles. The lowest BCUT2D eigenvalue weighted by Crippen LogP contribution is -2.71. The highest BCUT2D eigenvalue weighted by atomic mass is 28.6. The van der Waals surface area contributed by atoms with Gasteiger partial charge in [0.05, 0.1) is 0 Å². The van der Waals surface area contributed by atoms with Crippen LogP contribution in [-0.4, -0.2) is 230 Å². The topological polar surface area (TPSA) is 476 Å². The van der Waals surface area contributed by atoms with Gasteiger partial charge in [-0.1, -0.05) is 6.42 Å². The second-order valence-corrected chi connectivity index (χ2v) is 49.7. The van der Waals surface area contributed by atoms with E-state index in [0.717, 1.165) is 0 Å². The van der Waals surface area contributed by atoms with E-state index in [1.807, 2.05) is 62.3 Å². The summed E-state index contributed by atoms with van der Waals surface area (Å²) in [6.07, 6.45) is 9.58. The zero-order valence-corrected chi connectivity index (χ0v) is 69.0. The van der Waals surface area contributed by atoms with Crippen molar-refractivity contribution in [2.24, 2.45) is 57.3 Å². The van der Waals surface area contributed by atoms with Gasteiger partial charge in [0, 0.05) is 120 Å². The van der Waals surface area contributed by atoms with Crippen molar-refractivity contribution in [1.29, 1.82) is 0 Å². The fourth-order valence-corrected chi connectivity index (χ4v) is 55.0. The SMILES string of the molecule is C#CO.CCO[SiH](CCCN)O[Si](CCCN)(OCC)O[Si](CCCN)(OCC)O[Si](CCCN)(OCC)O[Si](CCCN)(OCC)O[Si](CCCN)(OCC)O[Si](CCCN)(OCC)O[Si](CCCN)(OCC)O[Si](CCCN)(OCC)O[Si](O)(CCCN)OCC. The van der Waals surface area contributed by atoms with Crippen LogP contribution in [0.4, 0.5) is 0 Å². The standard InChI is InChI=1S/C50H132N10O20Si10.C2H2O/c1-11-62-81(41-21-31-51)72-83(64-13-3,43-23-33-53)74-85(66-15-5,45-25-35-55)76-87(68-17-7,47-27-37-57)78-89(70-19-9,49-29-39-59)80-90(71-20-10,50-30-40-60)79-88(69-18-8,48-28-38-58)77-86(67-16-6,46-26-36-56)75-84(65-14-4,44-24-34-54)73-82(61,63-12-2)42-22-32-52;1-2-3/h61,81H,11-60H2,1-10H3;1,3H. The van der Waals surface area contributed by atoms with E-state index in [4.69, 9.17) is 144 Å². The van der Waals surface area contributed by atoms with Crippen LogP contribution in [0.2, 0.25) is 60.4 Å². The number of terminal acetylenes is 1. The van der Waals surface area contributed by atoms with Crippen LogP contribution in [0, 0.1) is 12.5 Å². The Morgan fingerprint density at radius 3 is 0.699 bits per heavy atom. The highest BCUT2D eigenvalue weighted by Gasteiger charge is 2.68. The molecule has 0 rings (SSSR count). The van der Waals surface area contributed by atoms with Crippen LogP contribution in [0.5, 0.6) is 0 Å². The van der Waals surface area contributed by atoms with Crippen LogP contribution in [0.15, 0.2) is 0 Å². The molecule has 0 saturated heterocycles. The molecule has 0 spiro atoms. The van der Waals surface area contributed by atoms with Gasteiger partial charge in [0.25, 0.3) is 0 Å². The Balaban J connectivity index is 0. The van der Waals surface area contributed by atoms with Crippen LogP contribution in [-0.2, 0) is 81.3 Å². The number of aliphatic hydroxyl groups excluding tert-OH is 1. The fraction of sp³-hybridized carbons (Fsp3) is 0.962. The van der Waals surface area contributed by atoms with Crippen LogP contribution < -0.4 is 57.3 Å². The molecular weight excluding hydrogens is 1380 g/mol. The van der Waals surface area contributed by atoms with Gasteiger partial charge in [-0.15, -0.1) is 0 Å². The molecule has 0 aliphatic heterocycles. The number of nitrogens with two attached hydrogens (primary N) is 10. The molecule has 41 heteroatoms. The lowest BCUT2D eigenvalue weighted by Gasteiger charge is -2.48. The molecule has 558 valence electrons. The molecular formula is C52H134N10O21Si10. The largest absolute Gasteiger partial charge is 0.490 e. The lowest BCUT2D eigenvalue weighted by molar-refractivity contribution is 0.0299. The Labute approximate surface area is 571 Å². The summed E-state index contributed by atoms with van der Waals surface area (Å²) < 4.78 is 136. The van der Waals surface area contributed by atoms with Crippen molar-refractivity contribution in [1.82, 2.24) is 0 Å². The predicted octanol–water partition coefficient (Wildman–Crippen LogP) is 2.60. The third kappa shape index (κ3) is 37.7. The van der Waals surface area contributed by atoms with Gasteiger partial charge < -0.3 is 149 Å².